The molecule has 2 heterocycles. The number of fused-ring (bicyclic) bond motifs is 1. The molecular weight excluding hydrogens is 352 g/mol. The van der Waals surface area contributed by atoms with E-state index in [-0.39, 0.29) is 24.4 Å². The standard InChI is InChI=1S/C20H16O7/c1-23-14-5-3-11(8-16(14)24-2)7-13-18(20(22)27-19(13)21)12-4-6-15-17(9-12)26-10-25-15/h3-6,8-9H,7,10H2,1-2H3. The van der Waals surface area contributed by atoms with E-state index in [2.05, 4.69) is 0 Å². The van der Waals surface area contributed by atoms with Crippen LogP contribution in [0.15, 0.2) is 42.0 Å². The minimum absolute atomic E-state index is 0.125. The van der Waals surface area contributed by atoms with Crippen molar-refractivity contribution in [3.8, 4) is 23.0 Å². The van der Waals surface area contributed by atoms with Crippen LogP contribution in [0.5, 0.6) is 23.0 Å². The predicted octanol–water partition coefficient (Wildman–Crippen LogP) is 2.51. The van der Waals surface area contributed by atoms with Gasteiger partial charge in [0.2, 0.25) is 6.79 Å². The SMILES string of the molecule is COc1ccc(CC2=C(c3ccc4c(c3)OCO4)C(=O)OC2=O)cc1OC. The number of cyclic esters (lactones) is 2. The number of carbonyl (C=O) groups is 2. The number of methoxy groups -OCH3 is 2. The summed E-state index contributed by atoms with van der Waals surface area (Å²) in [6.45, 7) is 0.125. The van der Waals surface area contributed by atoms with Crippen molar-refractivity contribution in [3.05, 3.63) is 53.1 Å². The summed E-state index contributed by atoms with van der Waals surface area (Å²) in [7, 11) is 3.08. The fourth-order valence-electron chi connectivity index (χ4n) is 3.12. The summed E-state index contributed by atoms with van der Waals surface area (Å²) in [5.41, 5.74) is 1.84. The maximum absolute atomic E-state index is 12.3. The molecule has 0 saturated heterocycles. The summed E-state index contributed by atoms with van der Waals surface area (Å²) in [5, 5.41) is 0. The number of hydrogen-bond donors (Lipinski definition) is 0. The van der Waals surface area contributed by atoms with Crippen LogP contribution in [0.25, 0.3) is 5.57 Å². The van der Waals surface area contributed by atoms with Crippen LogP contribution in [0.3, 0.4) is 0 Å². The monoisotopic (exact) mass is 368 g/mol. The van der Waals surface area contributed by atoms with Crippen molar-refractivity contribution in [3.63, 3.8) is 0 Å². The van der Waals surface area contributed by atoms with Crippen LogP contribution >= 0.6 is 0 Å². The van der Waals surface area contributed by atoms with Gasteiger partial charge in [0.25, 0.3) is 0 Å². The number of esters is 2. The third kappa shape index (κ3) is 2.97. The highest BCUT2D eigenvalue weighted by Crippen LogP contribution is 2.38. The molecule has 0 fully saturated rings. The lowest BCUT2D eigenvalue weighted by molar-refractivity contribution is -0.150. The topological polar surface area (TPSA) is 80.3 Å². The van der Waals surface area contributed by atoms with Gasteiger partial charge in [0.15, 0.2) is 23.0 Å². The molecule has 4 rings (SSSR count). The lowest BCUT2D eigenvalue weighted by Crippen LogP contribution is -2.04. The number of hydrogen-bond acceptors (Lipinski definition) is 7. The zero-order valence-corrected chi connectivity index (χ0v) is 14.7. The molecule has 0 aliphatic carbocycles. The van der Waals surface area contributed by atoms with E-state index in [4.69, 9.17) is 23.7 Å². The van der Waals surface area contributed by atoms with E-state index in [0.717, 1.165) is 5.56 Å². The first-order valence-electron chi connectivity index (χ1n) is 8.21. The molecule has 0 N–H and O–H groups in total. The fraction of sp³-hybridized carbons (Fsp3) is 0.200. The van der Waals surface area contributed by atoms with Crippen molar-refractivity contribution in [2.45, 2.75) is 6.42 Å². The third-order valence-corrected chi connectivity index (χ3v) is 4.43. The molecule has 0 atom stereocenters. The highest BCUT2D eigenvalue weighted by atomic mass is 16.7. The van der Waals surface area contributed by atoms with Crippen molar-refractivity contribution < 1.29 is 33.3 Å². The average molecular weight is 368 g/mol. The Kier molecular flexibility index (Phi) is 4.19. The van der Waals surface area contributed by atoms with Crippen LogP contribution in [-0.2, 0) is 20.7 Å². The Balaban J connectivity index is 1.74. The van der Waals surface area contributed by atoms with Crippen molar-refractivity contribution >= 4 is 17.5 Å². The first kappa shape index (κ1) is 17.0. The Morgan fingerprint density at radius 3 is 2.44 bits per heavy atom. The van der Waals surface area contributed by atoms with E-state index < -0.39 is 11.9 Å². The quantitative estimate of drug-likeness (QED) is 0.592. The summed E-state index contributed by atoms with van der Waals surface area (Å²) >= 11 is 0. The molecule has 2 aromatic carbocycles. The predicted molar refractivity (Wildman–Crippen MR) is 93.8 cm³/mol. The van der Waals surface area contributed by atoms with Gasteiger partial charge in [-0.2, -0.15) is 0 Å². The summed E-state index contributed by atoms with van der Waals surface area (Å²) in [5.74, 6) is 0.919. The molecule has 7 heteroatoms. The van der Waals surface area contributed by atoms with Gasteiger partial charge < -0.3 is 23.7 Å². The second-order valence-corrected chi connectivity index (χ2v) is 5.96. The van der Waals surface area contributed by atoms with Crippen LogP contribution in [0, 0.1) is 0 Å². The van der Waals surface area contributed by atoms with Gasteiger partial charge in [0.05, 0.1) is 25.4 Å². The van der Waals surface area contributed by atoms with E-state index >= 15 is 0 Å². The van der Waals surface area contributed by atoms with Crippen molar-refractivity contribution in [1.82, 2.24) is 0 Å². The third-order valence-electron chi connectivity index (χ3n) is 4.43. The summed E-state index contributed by atoms with van der Waals surface area (Å²) in [6.07, 6.45) is 0.217. The Hall–Kier alpha value is -3.48. The Morgan fingerprint density at radius 2 is 1.67 bits per heavy atom. The van der Waals surface area contributed by atoms with E-state index in [9.17, 15) is 9.59 Å². The van der Waals surface area contributed by atoms with Gasteiger partial charge in [-0.25, -0.2) is 9.59 Å². The molecule has 27 heavy (non-hydrogen) atoms. The largest absolute Gasteiger partial charge is 0.493 e. The molecule has 0 amide bonds. The van der Waals surface area contributed by atoms with Gasteiger partial charge in [0, 0.05) is 6.42 Å². The molecule has 0 saturated carbocycles. The second-order valence-electron chi connectivity index (χ2n) is 5.96. The van der Waals surface area contributed by atoms with Crippen LogP contribution < -0.4 is 18.9 Å². The molecule has 0 spiro atoms. The zero-order valence-electron chi connectivity index (χ0n) is 14.7. The lowest BCUT2D eigenvalue weighted by atomic mass is 9.96. The first-order valence-corrected chi connectivity index (χ1v) is 8.21. The molecule has 0 aromatic heterocycles. The van der Waals surface area contributed by atoms with Gasteiger partial charge in [-0.3, -0.25) is 0 Å². The normalized spacial score (nSPS) is 15.2. The highest BCUT2D eigenvalue weighted by molar-refractivity contribution is 6.31. The van der Waals surface area contributed by atoms with E-state index in [1.54, 1.807) is 37.4 Å². The van der Waals surface area contributed by atoms with Crippen LogP contribution in [-0.4, -0.2) is 33.0 Å². The van der Waals surface area contributed by atoms with Crippen molar-refractivity contribution in [2.24, 2.45) is 0 Å². The molecule has 0 unspecified atom stereocenters. The van der Waals surface area contributed by atoms with Crippen molar-refractivity contribution in [2.75, 3.05) is 21.0 Å². The van der Waals surface area contributed by atoms with Crippen LogP contribution in [0.2, 0.25) is 0 Å². The van der Waals surface area contributed by atoms with Gasteiger partial charge >= 0.3 is 11.9 Å². The smallest absolute Gasteiger partial charge is 0.347 e. The van der Waals surface area contributed by atoms with Gasteiger partial charge in [0.1, 0.15) is 0 Å². The molecule has 138 valence electrons. The maximum Gasteiger partial charge on any atom is 0.347 e. The molecule has 7 nitrogen and oxygen atoms in total. The number of rotatable bonds is 5. The first-order chi connectivity index (χ1) is 13.1. The number of benzene rings is 2. The summed E-state index contributed by atoms with van der Waals surface area (Å²) in [4.78, 5) is 24.6. The maximum atomic E-state index is 12.3. The van der Waals surface area contributed by atoms with Crippen LogP contribution in [0.4, 0.5) is 0 Å². The van der Waals surface area contributed by atoms with Crippen LogP contribution in [0.1, 0.15) is 11.1 Å². The van der Waals surface area contributed by atoms with Gasteiger partial charge in [-0.15, -0.1) is 0 Å². The van der Waals surface area contributed by atoms with Crippen molar-refractivity contribution in [1.29, 1.82) is 0 Å². The minimum Gasteiger partial charge on any atom is -0.493 e. The fourth-order valence-corrected chi connectivity index (χ4v) is 3.12. The van der Waals surface area contributed by atoms with Gasteiger partial charge in [-0.05, 0) is 35.4 Å². The molecule has 2 aliphatic rings. The molecular formula is C20H16O7. The van der Waals surface area contributed by atoms with E-state index in [1.165, 1.54) is 7.11 Å². The minimum atomic E-state index is -0.672. The summed E-state index contributed by atoms with van der Waals surface area (Å²) in [6, 6.07) is 10.4. The molecule has 2 aliphatic heterocycles. The Morgan fingerprint density at radius 1 is 0.889 bits per heavy atom. The highest BCUT2D eigenvalue weighted by Gasteiger charge is 2.34. The molecule has 0 radical (unpaired) electrons. The molecule has 2 aromatic rings. The Labute approximate surface area is 155 Å². The Bertz CT molecular complexity index is 974. The molecule has 0 bridgehead atoms. The lowest BCUT2D eigenvalue weighted by Gasteiger charge is -2.10. The number of carbonyl (C=O) groups excluding carboxylic acids is 2. The second kappa shape index (κ2) is 6.68. The zero-order chi connectivity index (χ0) is 19.0. The van der Waals surface area contributed by atoms with E-state index in [1.807, 2.05) is 6.07 Å². The van der Waals surface area contributed by atoms with E-state index in [0.29, 0.717) is 28.6 Å². The average Bonchev–Trinajstić information content (AvgIpc) is 3.25. The van der Waals surface area contributed by atoms with Gasteiger partial charge in [-0.1, -0.05) is 12.1 Å². The summed E-state index contributed by atoms with van der Waals surface area (Å²) < 4.78 is 26.0. The number of ether oxygens (including phenoxy) is 5.